The molecule has 7 heteroatoms. The van der Waals surface area contributed by atoms with Crippen LogP contribution in [0.5, 0.6) is 0 Å². The van der Waals surface area contributed by atoms with Crippen LogP contribution in [0.4, 0.5) is 26.1 Å². The van der Waals surface area contributed by atoms with Crippen LogP contribution in [0.25, 0.3) is 0 Å². The molecule has 3 aromatic rings. The average molecular weight is 368 g/mol. The zero-order chi connectivity index (χ0) is 19.6. The third-order valence-electron chi connectivity index (χ3n) is 4.12. The molecule has 138 valence electrons. The van der Waals surface area contributed by atoms with Crippen molar-refractivity contribution in [2.45, 2.75) is 20.8 Å². The van der Waals surface area contributed by atoms with Crippen molar-refractivity contribution in [3.63, 3.8) is 0 Å². The van der Waals surface area contributed by atoms with Crippen molar-refractivity contribution in [1.29, 1.82) is 0 Å². The second-order valence-corrected chi connectivity index (χ2v) is 6.17. The minimum absolute atomic E-state index is 0.0166. The van der Waals surface area contributed by atoms with E-state index in [4.69, 9.17) is 0 Å². The van der Waals surface area contributed by atoms with Gasteiger partial charge >= 0.3 is 0 Å². The predicted molar refractivity (Wildman–Crippen MR) is 100 cm³/mol. The Bertz CT molecular complexity index is 1020. The molecule has 0 unspecified atom stereocenters. The van der Waals surface area contributed by atoms with Gasteiger partial charge < -0.3 is 10.6 Å². The lowest BCUT2D eigenvalue weighted by atomic mass is 10.1. The van der Waals surface area contributed by atoms with Crippen LogP contribution in [0.1, 0.15) is 27.3 Å². The van der Waals surface area contributed by atoms with Gasteiger partial charge in [-0.25, -0.2) is 18.7 Å². The van der Waals surface area contributed by atoms with Crippen molar-refractivity contribution >= 4 is 23.2 Å². The molecule has 0 bridgehead atoms. The highest BCUT2D eigenvalue weighted by Gasteiger charge is 2.14. The normalized spacial score (nSPS) is 10.6. The summed E-state index contributed by atoms with van der Waals surface area (Å²) in [5, 5.41) is 5.50. The number of hydrogen-bond donors (Lipinski definition) is 2. The molecule has 27 heavy (non-hydrogen) atoms. The Morgan fingerprint density at radius 2 is 1.74 bits per heavy atom. The summed E-state index contributed by atoms with van der Waals surface area (Å²) < 4.78 is 26.9. The van der Waals surface area contributed by atoms with Gasteiger partial charge in [0.05, 0.1) is 5.69 Å². The van der Waals surface area contributed by atoms with E-state index >= 15 is 0 Å². The minimum Gasteiger partial charge on any atom is -0.322 e. The van der Waals surface area contributed by atoms with Gasteiger partial charge in [-0.05, 0) is 56.2 Å². The number of aromatic nitrogens is 2. The summed E-state index contributed by atoms with van der Waals surface area (Å²) in [6.45, 7) is 5.57. The highest BCUT2D eigenvalue weighted by atomic mass is 19.1. The average Bonchev–Trinajstić information content (AvgIpc) is 2.61. The third-order valence-corrected chi connectivity index (χ3v) is 4.12. The topological polar surface area (TPSA) is 66.9 Å². The number of hydrogen-bond acceptors (Lipinski definition) is 4. The van der Waals surface area contributed by atoms with E-state index < -0.39 is 17.5 Å². The van der Waals surface area contributed by atoms with Gasteiger partial charge in [0.25, 0.3) is 5.91 Å². The summed E-state index contributed by atoms with van der Waals surface area (Å²) in [5.74, 6) is -1.82. The number of rotatable bonds is 4. The molecule has 0 aliphatic heterocycles. The van der Waals surface area contributed by atoms with Crippen LogP contribution in [-0.4, -0.2) is 15.9 Å². The van der Waals surface area contributed by atoms with E-state index in [0.29, 0.717) is 11.4 Å². The number of anilines is 3. The Labute approximate surface area is 155 Å². The van der Waals surface area contributed by atoms with E-state index in [1.165, 1.54) is 12.1 Å². The number of amides is 1. The first kappa shape index (κ1) is 18.4. The molecule has 2 aromatic carbocycles. The number of nitrogens with one attached hydrogen (secondary N) is 2. The monoisotopic (exact) mass is 368 g/mol. The van der Waals surface area contributed by atoms with Crippen molar-refractivity contribution in [3.05, 3.63) is 76.6 Å². The molecule has 0 spiro atoms. The first-order valence-corrected chi connectivity index (χ1v) is 8.29. The van der Waals surface area contributed by atoms with Crippen LogP contribution >= 0.6 is 0 Å². The fourth-order valence-electron chi connectivity index (χ4n) is 2.52. The quantitative estimate of drug-likeness (QED) is 0.702. The number of nitrogens with zero attached hydrogens (tertiary/aromatic N) is 2. The second kappa shape index (κ2) is 7.49. The molecule has 5 nitrogen and oxygen atoms in total. The van der Waals surface area contributed by atoms with Crippen LogP contribution in [0.3, 0.4) is 0 Å². The Kier molecular flexibility index (Phi) is 5.12. The maximum Gasteiger partial charge on any atom is 0.274 e. The van der Waals surface area contributed by atoms with E-state index in [2.05, 4.69) is 20.6 Å². The Hall–Kier alpha value is -3.35. The van der Waals surface area contributed by atoms with E-state index in [9.17, 15) is 13.6 Å². The molecule has 0 atom stereocenters. The molecule has 3 rings (SSSR count). The molecule has 1 heterocycles. The van der Waals surface area contributed by atoms with E-state index in [0.717, 1.165) is 23.3 Å². The van der Waals surface area contributed by atoms with Gasteiger partial charge in [0, 0.05) is 17.4 Å². The van der Waals surface area contributed by atoms with Crippen LogP contribution < -0.4 is 10.6 Å². The highest BCUT2D eigenvalue weighted by Crippen LogP contribution is 2.21. The molecule has 0 fully saturated rings. The molecular formula is C20H18F2N4O. The summed E-state index contributed by atoms with van der Waals surface area (Å²) in [5.41, 5.74) is 3.39. The number of benzene rings is 2. The van der Waals surface area contributed by atoms with Gasteiger partial charge in [-0.3, -0.25) is 4.79 Å². The summed E-state index contributed by atoms with van der Waals surface area (Å²) in [7, 11) is 0. The standard InChI is InChI=1S/C20H18F2N4O/c1-11-5-4-6-16(13(11)3)24-19(27)18-9-12(2)23-20(26-18)25-17-8-7-14(21)10-15(17)22/h4-10H,1-3H3,(H,24,27)(H,23,25,26). The molecular weight excluding hydrogens is 350 g/mol. The molecule has 2 N–H and O–H groups in total. The first-order valence-electron chi connectivity index (χ1n) is 8.29. The highest BCUT2D eigenvalue weighted by molar-refractivity contribution is 6.03. The Morgan fingerprint density at radius 3 is 2.48 bits per heavy atom. The largest absolute Gasteiger partial charge is 0.322 e. The lowest BCUT2D eigenvalue weighted by Crippen LogP contribution is -2.16. The SMILES string of the molecule is Cc1cc(C(=O)Nc2cccc(C)c2C)nc(Nc2ccc(F)cc2F)n1. The fourth-order valence-corrected chi connectivity index (χ4v) is 2.52. The number of halogens is 2. The van der Waals surface area contributed by atoms with Crippen molar-refractivity contribution in [2.24, 2.45) is 0 Å². The Morgan fingerprint density at radius 1 is 0.963 bits per heavy atom. The number of aryl methyl sites for hydroxylation is 2. The van der Waals surface area contributed by atoms with E-state index in [-0.39, 0.29) is 17.3 Å². The summed E-state index contributed by atoms with van der Waals surface area (Å²) in [6.07, 6.45) is 0. The Balaban J connectivity index is 1.86. The van der Waals surface area contributed by atoms with Crippen molar-refractivity contribution in [3.8, 4) is 0 Å². The van der Waals surface area contributed by atoms with Crippen molar-refractivity contribution in [1.82, 2.24) is 9.97 Å². The molecule has 0 saturated heterocycles. The van der Waals surface area contributed by atoms with Crippen LogP contribution in [0.15, 0.2) is 42.5 Å². The smallest absolute Gasteiger partial charge is 0.274 e. The molecule has 1 aromatic heterocycles. The van der Waals surface area contributed by atoms with Gasteiger partial charge in [-0.1, -0.05) is 12.1 Å². The first-order chi connectivity index (χ1) is 12.8. The lowest BCUT2D eigenvalue weighted by molar-refractivity contribution is 0.102. The van der Waals surface area contributed by atoms with Crippen LogP contribution in [0.2, 0.25) is 0 Å². The molecule has 0 saturated carbocycles. The second-order valence-electron chi connectivity index (χ2n) is 6.17. The van der Waals surface area contributed by atoms with Gasteiger partial charge in [-0.2, -0.15) is 0 Å². The maximum absolute atomic E-state index is 13.8. The van der Waals surface area contributed by atoms with Crippen molar-refractivity contribution in [2.75, 3.05) is 10.6 Å². The summed E-state index contributed by atoms with van der Waals surface area (Å²) >= 11 is 0. The lowest BCUT2D eigenvalue weighted by Gasteiger charge is -2.12. The van der Waals surface area contributed by atoms with E-state index in [1.54, 1.807) is 13.0 Å². The van der Waals surface area contributed by atoms with Gasteiger partial charge in [0.2, 0.25) is 5.95 Å². The zero-order valence-corrected chi connectivity index (χ0v) is 15.1. The molecule has 1 amide bonds. The molecule has 0 aliphatic carbocycles. The maximum atomic E-state index is 13.8. The van der Waals surface area contributed by atoms with Gasteiger partial charge in [0.15, 0.2) is 0 Å². The predicted octanol–water partition coefficient (Wildman–Crippen LogP) is 4.68. The third kappa shape index (κ3) is 4.25. The zero-order valence-electron chi connectivity index (χ0n) is 15.1. The molecule has 0 aliphatic rings. The van der Waals surface area contributed by atoms with Gasteiger partial charge in [0.1, 0.15) is 17.3 Å². The number of carbonyl (C=O) groups excluding carboxylic acids is 1. The van der Waals surface area contributed by atoms with E-state index in [1.807, 2.05) is 26.0 Å². The minimum atomic E-state index is -0.776. The van der Waals surface area contributed by atoms with Crippen LogP contribution in [-0.2, 0) is 0 Å². The van der Waals surface area contributed by atoms with Gasteiger partial charge in [-0.15, -0.1) is 0 Å². The molecule has 0 radical (unpaired) electrons. The summed E-state index contributed by atoms with van der Waals surface area (Å²) in [6, 6.07) is 10.3. The van der Waals surface area contributed by atoms with Crippen molar-refractivity contribution < 1.29 is 13.6 Å². The number of carbonyl (C=O) groups is 1. The fraction of sp³-hybridized carbons (Fsp3) is 0.150. The van der Waals surface area contributed by atoms with Crippen LogP contribution in [0, 0.1) is 32.4 Å². The summed E-state index contributed by atoms with van der Waals surface area (Å²) in [4.78, 5) is 20.9.